The summed E-state index contributed by atoms with van der Waals surface area (Å²) >= 11 is -1.92. The van der Waals surface area contributed by atoms with Crippen molar-refractivity contribution < 1.29 is 13.9 Å². The SMILES string of the molecule is O=S(O)C1=CC[C@@H](N2CCC(O)CC2)N=C1. The van der Waals surface area contributed by atoms with Crippen LogP contribution in [0.3, 0.4) is 0 Å². The summed E-state index contributed by atoms with van der Waals surface area (Å²) in [5.41, 5.74) is 0. The van der Waals surface area contributed by atoms with Crippen LogP contribution in [0.15, 0.2) is 16.0 Å². The second kappa shape index (κ2) is 5.18. The molecule has 90 valence electrons. The number of likely N-dealkylation sites (tertiary alicyclic amines) is 1. The highest BCUT2D eigenvalue weighted by Crippen LogP contribution is 2.19. The van der Waals surface area contributed by atoms with Gasteiger partial charge in [0.15, 0.2) is 11.1 Å². The van der Waals surface area contributed by atoms with Crippen LogP contribution in [0.4, 0.5) is 0 Å². The van der Waals surface area contributed by atoms with Crippen molar-refractivity contribution in [3.05, 3.63) is 11.0 Å². The lowest BCUT2D eigenvalue weighted by molar-refractivity contribution is 0.0631. The zero-order chi connectivity index (χ0) is 11.5. The fraction of sp³-hybridized carbons (Fsp3) is 0.700. The predicted octanol–water partition coefficient (Wildman–Crippen LogP) is 0.349. The van der Waals surface area contributed by atoms with Crippen molar-refractivity contribution in [1.29, 1.82) is 0 Å². The van der Waals surface area contributed by atoms with Gasteiger partial charge in [-0.3, -0.25) is 9.89 Å². The molecular formula is C10H16N2O3S. The van der Waals surface area contributed by atoms with Crippen molar-refractivity contribution in [3.63, 3.8) is 0 Å². The number of aliphatic hydroxyl groups is 1. The van der Waals surface area contributed by atoms with Gasteiger partial charge in [0.1, 0.15) is 6.17 Å². The molecule has 2 heterocycles. The third kappa shape index (κ3) is 2.76. The molecule has 0 saturated carbocycles. The van der Waals surface area contributed by atoms with Crippen LogP contribution in [0.1, 0.15) is 19.3 Å². The second-order valence-corrected chi connectivity index (χ2v) is 5.09. The average molecular weight is 244 g/mol. The Kier molecular flexibility index (Phi) is 3.86. The molecule has 0 spiro atoms. The van der Waals surface area contributed by atoms with E-state index in [1.54, 1.807) is 6.08 Å². The number of piperidine rings is 1. The maximum atomic E-state index is 10.8. The largest absolute Gasteiger partial charge is 0.393 e. The number of dihydropyridines is 1. The fourth-order valence-corrected chi connectivity index (χ4v) is 2.43. The molecule has 0 aliphatic carbocycles. The Morgan fingerprint density at radius 1 is 1.44 bits per heavy atom. The van der Waals surface area contributed by atoms with E-state index in [-0.39, 0.29) is 12.3 Å². The number of rotatable bonds is 2. The summed E-state index contributed by atoms with van der Waals surface area (Å²) in [6, 6.07) is 0. The molecule has 0 aromatic carbocycles. The minimum atomic E-state index is -1.92. The lowest BCUT2D eigenvalue weighted by atomic mass is 10.1. The maximum absolute atomic E-state index is 10.8. The molecule has 1 fully saturated rings. The van der Waals surface area contributed by atoms with E-state index >= 15 is 0 Å². The highest BCUT2D eigenvalue weighted by Gasteiger charge is 2.24. The molecule has 0 aromatic heterocycles. The quantitative estimate of drug-likeness (QED) is 0.687. The van der Waals surface area contributed by atoms with Crippen LogP contribution >= 0.6 is 0 Å². The van der Waals surface area contributed by atoms with Crippen LogP contribution < -0.4 is 0 Å². The lowest BCUT2D eigenvalue weighted by Gasteiger charge is -2.34. The molecule has 5 nitrogen and oxygen atoms in total. The molecule has 1 unspecified atom stereocenters. The van der Waals surface area contributed by atoms with Crippen molar-refractivity contribution >= 4 is 17.3 Å². The first-order chi connectivity index (χ1) is 7.66. The van der Waals surface area contributed by atoms with Gasteiger partial charge < -0.3 is 9.66 Å². The molecule has 2 rings (SSSR count). The van der Waals surface area contributed by atoms with Gasteiger partial charge in [0.2, 0.25) is 0 Å². The van der Waals surface area contributed by atoms with Gasteiger partial charge in [-0.05, 0) is 12.8 Å². The number of nitrogens with zero attached hydrogens (tertiary/aromatic N) is 2. The summed E-state index contributed by atoms with van der Waals surface area (Å²) in [7, 11) is 0. The molecule has 0 bridgehead atoms. The third-order valence-corrected chi connectivity index (χ3v) is 3.70. The van der Waals surface area contributed by atoms with E-state index in [1.807, 2.05) is 0 Å². The molecular weight excluding hydrogens is 228 g/mol. The Balaban J connectivity index is 1.90. The van der Waals surface area contributed by atoms with Crippen molar-refractivity contribution in [3.8, 4) is 0 Å². The van der Waals surface area contributed by atoms with Crippen molar-refractivity contribution in [1.82, 2.24) is 4.90 Å². The number of aliphatic imine (C=N–C) groups is 1. The molecule has 0 amide bonds. The van der Waals surface area contributed by atoms with Gasteiger partial charge in [0.25, 0.3) is 0 Å². The van der Waals surface area contributed by atoms with Gasteiger partial charge in [-0.1, -0.05) is 6.08 Å². The Hall–Kier alpha value is -0.560. The number of hydrogen-bond donors (Lipinski definition) is 2. The van der Waals surface area contributed by atoms with Crippen molar-refractivity contribution in [2.45, 2.75) is 31.5 Å². The Labute approximate surface area is 97.1 Å². The third-order valence-electron chi connectivity index (χ3n) is 3.03. The predicted molar refractivity (Wildman–Crippen MR) is 62.6 cm³/mol. The van der Waals surface area contributed by atoms with Crippen molar-refractivity contribution in [2.24, 2.45) is 4.99 Å². The molecule has 0 radical (unpaired) electrons. The molecule has 2 aliphatic rings. The number of allylic oxidation sites excluding steroid dienone is 1. The number of aliphatic hydroxyl groups excluding tert-OH is 1. The Morgan fingerprint density at radius 3 is 2.62 bits per heavy atom. The van der Waals surface area contributed by atoms with E-state index in [0.717, 1.165) is 25.9 Å². The van der Waals surface area contributed by atoms with E-state index in [4.69, 9.17) is 4.55 Å². The highest BCUT2D eigenvalue weighted by atomic mass is 32.2. The first-order valence-electron chi connectivity index (χ1n) is 5.43. The summed E-state index contributed by atoms with van der Waals surface area (Å²) < 4.78 is 19.7. The Bertz CT molecular complexity index is 335. The van der Waals surface area contributed by atoms with E-state index in [0.29, 0.717) is 11.3 Å². The molecule has 2 N–H and O–H groups in total. The smallest absolute Gasteiger partial charge is 0.187 e. The fourth-order valence-electron chi connectivity index (χ4n) is 2.04. The molecule has 2 aliphatic heterocycles. The molecule has 2 atom stereocenters. The summed E-state index contributed by atoms with van der Waals surface area (Å²) in [5, 5.41) is 9.39. The second-order valence-electron chi connectivity index (χ2n) is 4.12. The van der Waals surface area contributed by atoms with E-state index in [1.165, 1.54) is 6.21 Å². The molecule has 1 saturated heterocycles. The van der Waals surface area contributed by atoms with Crippen LogP contribution in [0.25, 0.3) is 0 Å². The number of hydrogen-bond acceptors (Lipinski definition) is 4. The van der Waals surface area contributed by atoms with E-state index in [9.17, 15) is 9.32 Å². The topological polar surface area (TPSA) is 73.1 Å². The van der Waals surface area contributed by atoms with Crippen molar-refractivity contribution in [2.75, 3.05) is 13.1 Å². The van der Waals surface area contributed by atoms with Gasteiger partial charge >= 0.3 is 0 Å². The van der Waals surface area contributed by atoms with Gasteiger partial charge in [-0.2, -0.15) is 0 Å². The monoisotopic (exact) mass is 244 g/mol. The van der Waals surface area contributed by atoms with Gasteiger partial charge in [0.05, 0.1) is 11.0 Å². The highest BCUT2D eigenvalue weighted by molar-refractivity contribution is 7.84. The van der Waals surface area contributed by atoms with Gasteiger partial charge in [0, 0.05) is 25.7 Å². The van der Waals surface area contributed by atoms with E-state index < -0.39 is 11.1 Å². The Morgan fingerprint density at radius 2 is 2.12 bits per heavy atom. The molecule has 6 heteroatoms. The first kappa shape index (κ1) is 11.9. The standard InChI is InChI=1S/C10H16N2O3S/c13-8-3-5-12(6-4-8)10-2-1-9(7-11-10)16(14)15/h1,7-8,10,13H,2-6H2,(H,14,15)/t10-/m1/s1. The van der Waals surface area contributed by atoms with Crippen LogP contribution in [0, 0.1) is 0 Å². The molecule has 16 heavy (non-hydrogen) atoms. The van der Waals surface area contributed by atoms with Crippen LogP contribution in [0.5, 0.6) is 0 Å². The minimum absolute atomic E-state index is 0.0693. The summed E-state index contributed by atoms with van der Waals surface area (Å²) in [6.07, 6.45) is 5.38. The summed E-state index contributed by atoms with van der Waals surface area (Å²) in [4.78, 5) is 6.87. The first-order valence-corrected chi connectivity index (χ1v) is 6.54. The average Bonchev–Trinajstić information content (AvgIpc) is 2.30. The normalized spacial score (nSPS) is 30.1. The van der Waals surface area contributed by atoms with Crippen LogP contribution in [-0.2, 0) is 11.1 Å². The van der Waals surface area contributed by atoms with Gasteiger partial charge in [-0.25, -0.2) is 4.21 Å². The maximum Gasteiger partial charge on any atom is 0.187 e. The zero-order valence-electron chi connectivity index (χ0n) is 8.95. The van der Waals surface area contributed by atoms with Crippen LogP contribution in [0.2, 0.25) is 0 Å². The van der Waals surface area contributed by atoms with Gasteiger partial charge in [-0.15, -0.1) is 0 Å². The lowest BCUT2D eigenvalue weighted by Crippen LogP contribution is -2.42. The summed E-state index contributed by atoms with van der Waals surface area (Å²) in [6.45, 7) is 1.68. The zero-order valence-corrected chi connectivity index (χ0v) is 9.77. The van der Waals surface area contributed by atoms with Crippen LogP contribution in [-0.4, -0.2) is 50.3 Å². The minimum Gasteiger partial charge on any atom is -0.393 e. The summed E-state index contributed by atoms with van der Waals surface area (Å²) in [5.74, 6) is 0. The van der Waals surface area contributed by atoms with E-state index in [2.05, 4.69) is 9.89 Å². The molecule has 0 aromatic rings.